The molecule has 0 aliphatic carbocycles. The highest BCUT2D eigenvalue weighted by atomic mass is 32.2. The Balaban J connectivity index is 1.84. The van der Waals surface area contributed by atoms with Crippen molar-refractivity contribution in [1.29, 1.82) is 0 Å². The first kappa shape index (κ1) is 21.3. The molecule has 1 amide bonds. The largest absolute Gasteiger partial charge is 0.495 e. The lowest BCUT2D eigenvalue weighted by Gasteiger charge is -2.19. The minimum absolute atomic E-state index is 0.0751. The molecule has 0 saturated carbocycles. The van der Waals surface area contributed by atoms with Gasteiger partial charge in [0.2, 0.25) is 10.0 Å². The average Bonchev–Trinajstić information content (AvgIpc) is 3.10. The van der Waals surface area contributed by atoms with Gasteiger partial charge in [0.25, 0.3) is 5.91 Å². The predicted octanol–water partition coefficient (Wildman–Crippen LogP) is 1.80. The summed E-state index contributed by atoms with van der Waals surface area (Å²) in [5.41, 5.74) is 0.222. The van der Waals surface area contributed by atoms with Crippen molar-refractivity contribution in [3.63, 3.8) is 0 Å². The molecule has 1 aromatic carbocycles. The predicted molar refractivity (Wildman–Crippen MR) is 107 cm³/mol. The normalized spacial score (nSPS) is 15.1. The molecule has 1 aliphatic rings. The van der Waals surface area contributed by atoms with Crippen molar-refractivity contribution >= 4 is 15.9 Å². The molecule has 29 heavy (non-hydrogen) atoms. The van der Waals surface area contributed by atoms with Crippen LogP contribution >= 0.6 is 0 Å². The second-order valence-corrected chi connectivity index (χ2v) is 9.10. The summed E-state index contributed by atoms with van der Waals surface area (Å²) >= 11 is 0. The lowest BCUT2D eigenvalue weighted by atomic mass is 10.1. The topological polar surface area (TPSA) is 115 Å². The summed E-state index contributed by atoms with van der Waals surface area (Å²) in [4.78, 5) is 12.7. The van der Waals surface area contributed by atoms with E-state index in [2.05, 4.69) is 20.2 Å². The third kappa shape index (κ3) is 4.59. The van der Waals surface area contributed by atoms with Crippen molar-refractivity contribution in [2.24, 2.45) is 0 Å². The van der Waals surface area contributed by atoms with Gasteiger partial charge in [0.1, 0.15) is 16.5 Å². The number of nitrogens with one attached hydrogen (secondary N) is 2. The van der Waals surface area contributed by atoms with Crippen molar-refractivity contribution in [1.82, 2.24) is 24.8 Å². The third-order valence-electron chi connectivity index (χ3n) is 4.73. The zero-order chi connectivity index (χ0) is 21.2. The Morgan fingerprint density at radius 1 is 1.21 bits per heavy atom. The molecule has 3 rings (SSSR count). The van der Waals surface area contributed by atoms with Crippen molar-refractivity contribution in [2.45, 2.75) is 63.6 Å². The van der Waals surface area contributed by atoms with Crippen LogP contribution in [0.25, 0.3) is 0 Å². The van der Waals surface area contributed by atoms with Gasteiger partial charge in [-0.05, 0) is 51.8 Å². The molecule has 0 bridgehead atoms. The van der Waals surface area contributed by atoms with Crippen molar-refractivity contribution in [2.75, 3.05) is 7.11 Å². The van der Waals surface area contributed by atoms with Gasteiger partial charge >= 0.3 is 0 Å². The maximum atomic E-state index is 12.8. The number of carbonyl (C=O) groups is 1. The Morgan fingerprint density at radius 2 is 1.97 bits per heavy atom. The van der Waals surface area contributed by atoms with E-state index < -0.39 is 15.9 Å². The number of methoxy groups -OCH3 is 1. The summed E-state index contributed by atoms with van der Waals surface area (Å²) in [6.45, 7) is 6.12. The standard InChI is InChI=1S/C19H27N5O4S/c1-12(2)23-29(26,27)16-11-14(8-9-15(16)28-4)19(25)20-13(3)18-22-21-17-7-5-6-10-24(17)18/h8-9,11-13,23H,5-7,10H2,1-4H3,(H,20,25)/t13-/m1/s1. The molecule has 2 aromatic rings. The number of hydrogen-bond donors (Lipinski definition) is 2. The van der Waals surface area contributed by atoms with E-state index in [1.165, 1.54) is 25.3 Å². The Labute approximate surface area is 170 Å². The lowest BCUT2D eigenvalue weighted by Crippen LogP contribution is -2.32. The van der Waals surface area contributed by atoms with Gasteiger partial charge in [0.15, 0.2) is 5.82 Å². The van der Waals surface area contributed by atoms with Gasteiger partial charge in [-0.25, -0.2) is 13.1 Å². The molecular weight excluding hydrogens is 394 g/mol. The Hall–Kier alpha value is -2.46. The van der Waals surface area contributed by atoms with Crippen molar-refractivity contribution < 1.29 is 17.9 Å². The molecule has 10 heteroatoms. The van der Waals surface area contributed by atoms with Crippen molar-refractivity contribution in [3.05, 3.63) is 35.4 Å². The van der Waals surface area contributed by atoms with Crippen LogP contribution < -0.4 is 14.8 Å². The molecular formula is C19H27N5O4S. The zero-order valence-electron chi connectivity index (χ0n) is 17.1. The number of nitrogens with zero attached hydrogens (tertiary/aromatic N) is 3. The molecule has 0 spiro atoms. The maximum Gasteiger partial charge on any atom is 0.251 e. The van der Waals surface area contributed by atoms with E-state index in [1.54, 1.807) is 13.8 Å². The van der Waals surface area contributed by atoms with Crippen molar-refractivity contribution in [3.8, 4) is 5.75 Å². The van der Waals surface area contributed by atoms with E-state index in [4.69, 9.17) is 4.74 Å². The van der Waals surface area contributed by atoms with Crippen LogP contribution in [0.1, 0.15) is 61.7 Å². The smallest absolute Gasteiger partial charge is 0.251 e. The molecule has 1 aromatic heterocycles. The second kappa shape index (κ2) is 8.50. The van der Waals surface area contributed by atoms with Gasteiger partial charge in [-0.2, -0.15) is 0 Å². The summed E-state index contributed by atoms with van der Waals surface area (Å²) in [5, 5.41) is 11.3. The summed E-state index contributed by atoms with van der Waals surface area (Å²) < 4.78 is 35.0. The quantitative estimate of drug-likeness (QED) is 0.704. The first-order valence-electron chi connectivity index (χ1n) is 9.66. The first-order valence-corrected chi connectivity index (χ1v) is 11.1. The molecule has 1 aliphatic heterocycles. The monoisotopic (exact) mass is 421 g/mol. The van der Waals surface area contributed by atoms with E-state index >= 15 is 0 Å². The van der Waals surface area contributed by atoms with Crippen LogP contribution in [0.4, 0.5) is 0 Å². The summed E-state index contributed by atoms with van der Waals surface area (Å²) in [7, 11) is -2.43. The fourth-order valence-electron chi connectivity index (χ4n) is 3.40. The molecule has 9 nitrogen and oxygen atoms in total. The average molecular weight is 422 g/mol. The minimum atomic E-state index is -3.82. The highest BCUT2D eigenvalue weighted by Crippen LogP contribution is 2.26. The molecule has 0 radical (unpaired) electrons. The van der Waals surface area contributed by atoms with Crippen LogP contribution in [0.15, 0.2) is 23.1 Å². The summed E-state index contributed by atoms with van der Waals surface area (Å²) in [6.07, 6.45) is 3.03. The van der Waals surface area contributed by atoms with Gasteiger partial charge < -0.3 is 14.6 Å². The molecule has 158 valence electrons. The third-order valence-corrected chi connectivity index (χ3v) is 6.41. The van der Waals surface area contributed by atoms with Gasteiger partial charge in [-0.15, -0.1) is 10.2 Å². The number of hydrogen-bond acceptors (Lipinski definition) is 6. The van der Waals surface area contributed by atoms with Crippen LogP contribution in [-0.2, 0) is 23.0 Å². The molecule has 2 heterocycles. The van der Waals surface area contributed by atoms with Crippen LogP contribution in [0.5, 0.6) is 5.75 Å². The van der Waals surface area contributed by atoms with E-state index in [0.717, 1.165) is 31.6 Å². The SMILES string of the molecule is COc1ccc(C(=O)N[C@H](C)c2nnc3n2CCCC3)cc1S(=O)(=O)NC(C)C. The Morgan fingerprint density at radius 3 is 2.66 bits per heavy atom. The van der Waals surface area contributed by atoms with Gasteiger partial charge in [0.05, 0.1) is 13.2 Å². The molecule has 2 N–H and O–H groups in total. The molecule has 1 atom stereocenters. The van der Waals surface area contributed by atoms with Crippen LogP contribution in [0.2, 0.25) is 0 Å². The maximum absolute atomic E-state index is 12.8. The zero-order valence-corrected chi connectivity index (χ0v) is 17.9. The second-order valence-electron chi connectivity index (χ2n) is 7.42. The minimum Gasteiger partial charge on any atom is -0.495 e. The van der Waals surface area contributed by atoms with E-state index in [9.17, 15) is 13.2 Å². The number of amides is 1. The number of fused-ring (bicyclic) bond motifs is 1. The van der Waals surface area contributed by atoms with Crippen LogP contribution in [0.3, 0.4) is 0 Å². The molecule has 0 fully saturated rings. The van der Waals surface area contributed by atoms with Gasteiger partial charge in [-0.1, -0.05) is 0 Å². The number of sulfonamides is 1. The Bertz CT molecular complexity index is 1000. The fourth-order valence-corrected chi connectivity index (χ4v) is 4.84. The molecule has 0 saturated heterocycles. The summed E-state index contributed by atoms with van der Waals surface area (Å²) in [6, 6.07) is 3.69. The van der Waals surface area contributed by atoms with E-state index in [-0.39, 0.29) is 28.3 Å². The highest BCUT2D eigenvalue weighted by Gasteiger charge is 2.25. The van der Waals surface area contributed by atoms with E-state index in [1.807, 2.05) is 11.5 Å². The number of ether oxygens (including phenoxy) is 1. The number of carbonyl (C=O) groups excluding carboxylic acids is 1. The first-order chi connectivity index (χ1) is 13.7. The van der Waals surface area contributed by atoms with Gasteiger partial charge in [0, 0.05) is 24.6 Å². The number of benzene rings is 1. The van der Waals surface area contributed by atoms with Gasteiger partial charge in [-0.3, -0.25) is 4.79 Å². The van der Waals surface area contributed by atoms with E-state index in [0.29, 0.717) is 5.82 Å². The lowest BCUT2D eigenvalue weighted by molar-refractivity contribution is 0.0937. The van der Waals surface area contributed by atoms with Crippen LogP contribution in [-0.4, -0.2) is 42.2 Å². The number of aromatic nitrogens is 3. The summed E-state index contributed by atoms with van der Waals surface area (Å²) in [5.74, 6) is 1.42. The number of aryl methyl sites for hydroxylation is 1. The number of rotatable bonds is 7. The highest BCUT2D eigenvalue weighted by molar-refractivity contribution is 7.89. The fraction of sp³-hybridized carbons (Fsp3) is 0.526. The van der Waals surface area contributed by atoms with Crippen LogP contribution in [0, 0.1) is 0 Å². The molecule has 0 unspecified atom stereocenters. The Kier molecular flexibility index (Phi) is 6.23.